The summed E-state index contributed by atoms with van der Waals surface area (Å²) in [6, 6.07) is 0. The van der Waals surface area contributed by atoms with Gasteiger partial charge in [0.05, 0.1) is 13.0 Å². The fraction of sp³-hybridized carbons (Fsp3) is 0.900. The molecule has 0 bridgehead atoms. The van der Waals surface area contributed by atoms with Crippen LogP contribution in [0.3, 0.4) is 0 Å². The maximum atomic E-state index is 12.2. The number of carboxylic acid groups (broad SMARTS) is 1. The molecule has 0 aromatic heterocycles. The number of hydrogen-bond acceptors (Lipinski definition) is 3. The van der Waals surface area contributed by atoms with Crippen LogP contribution in [0.1, 0.15) is 19.3 Å². The number of carbonyl (C=O) groups is 1. The molecule has 1 aliphatic heterocycles. The van der Waals surface area contributed by atoms with E-state index >= 15 is 0 Å². The van der Waals surface area contributed by atoms with Crippen molar-refractivity contribution in [2.45, 2.75) is 25.4 Å². The SMILES string of the molecule is NCC1(CC(=O)O)CCN(CC(F)(F)F)CC1. The Morgan fingerprint density at radius 2 is 1.88 bits per heavy atom. The van der Waals surface area contributed by atoms with E-state index in [1.807, 2.05) is 0 Å². The van der Waals surface area contributed by atoms with Crippen molar-refractivity contribution in [1.82, 2.24) is 4.90 Å². The summed E-state index contributed by atoms with van der Waals surface area (Å²) in [5.41, 5.74) is 5.02. The Kier molecular flexibility index (Phi) is 4.37. The van der Waals surface area contributed by atoms with E-state index in [1.54, 1.807) is 0 Å². The summed E-state index contributed by atoms with van der Waals surface area (Å²) in [7, 11) is 0. The molecule has 17 heavy (non-hydrogen) atoms. The zero-order chi connectivity index (χ0) is 13.1. The predicted octanol–water partition coefficient (Wildman–Crippen LogP) is 1.06. The van der Waals surface area contributed by atoms with E-state index in [2.05, 4.69) is 0 Å². The van der Waals surface area contributed by atoms with Crippen molar-refractivity contribution in [2.24, 2.45) is 11.1 Å². The predicted molar refractivity (Wildman–Crippen MR) is 55.5 cm³/mol. The fourth-order valence-electron chi connectivity index (χ4n) is 2.21. The molecule has 0 spiro atoms. The van der Waals surface area contributed by atoms with E-state index in [0.717, 1.165) is 0 Å². The van der Waals surface area contributed by atoms with Gasteiger partial charge >= 0.3 is 12.1 Å². The first-order valence-electron chi connectivity index (χ1n) is 5.47. The number of halogens is 3. The second-order valence-electron chi connectivity index (χ2n) is 4.67. The lowest BCUT2D eigenvalue weighted by atomic mass is 9.76. The number of rotatable bonds is 4. The van der Waals surface area contributed by atoms with Gasteiger partial charge in [-0.1, -0.05) is 0 Å². The molecule has 1 aliphatic rings. The smallest absolute Gasteiger partial charge is 0.401 e. The van der Waals surface area contributed by atoms with Gasteiger partial charge in [0.2, 0.25) is 0 Å². The third kappa shape index (κ3) is 4.51. The van der Waals surface area contributed by atoms with Crippen LogP contribution in [-0.4, -0.2) is 48.3 Å². The summed E-state index contributed by atoms with van der Waals surface area (Å²) in [5, 5.41) is 8.77. The standard InChI is InChI=1S/C10H17F3N2O2/c11-10(12,13)7-15-3-1-9(6-14,2-4-15)5-8(16)17/h1-7,14H2,(H,16,17). The van der Waals surface area contributed by atoms with Crippen LogP contribution >= 0.6 is 0 Å². The van der Waals surface area contributed by atoms with Gasteiger partial charge in [0, 0.05) is 0 Å². The second-order valence-corrected chi connectivity index (χ2v) is 4.67. The van der Waals surface area contributed by atoms with Gasteiger partial charge in [-0.2, -0.15) is 13.2 Å². The van der Waals surface area contributed by atoms with Crippen LogP contribution < -0.4 is 5.73 Å². The number of nitrogens with two attached hydrogens (primary N) is 1. The average molecular weight is 254 g/mol. The highest BCUT2D eigenvalue weighted by Crippen LogP contribution is 2.34. The third-order valence-electron chi connectivity index (χ3n) is 3.28. The summed E-state index contributed by atoms with van der Waals surface area (Å²) in [4.78, 5) is 12.0. The van der Waals surface area contributed by atoms with Gasteiger partial charge in [0.15, 0.2) is 0 Å². The van der Waals surface area contributed by atoms with E-state index in [9.17, 15) is 18.0 Å². The molecule has 3 N–H and O–H groups in total. The van der Waals surface area contributed by atoms with Gasteiger partial charge in [-0.3, -0.25) is 9.69 Å². The Morgan fingerprint density at radius 3 is 2.24 bits per heavy atom. The van der Waals surface area contributed by atoms with E-state index in [1.165, 1.54) is 4.90 Å². The summed E-state index contributed by atoms with van der Waals surface area (Å²) in [6.45, 7) is -0.214. The highest BCUT2D eigenvalue weighted by atomic mass is 19.4. The number of alkyl halides is 3. The molecule has 1 rings (SSSR count). The summed E-state index contributed by atoms with van der Waals surface area (Å²) < 4.78 is 36.5. The molecule has 0 aromatic rings. The molecule has 1 heterocycles. The summed E-state index contributed by atoms with van der Waals surface area (Å²) >= 11 is 0. The van der Waals surface area contributed by atoms with Crippen LogP contribution in [0.4, 0.5) is 13.2 Å². The molecule has 0 aromatic carbocycles. The van der Waals surface area contributed by atoms with Gasteiger partial charge in [-0.15, -0.1) is 0 Å². The maximum Gasteiger partial charge on any atom is 0.401 e. The van der Waals surface area contributed by atoms with Gasteiger partial charge in [-0.05, 0) is 37.9 Å². The molecule has 7 heteroatoms. The first-order valence-corrected chi connectivity index (χ1v) is 5.47. The molecule has 0 amide bonds. The fourth-order valence-corrected chi connectivity index (χ4v) is 2.21. The van der Waals surface area contributed by atoms with E-state index < -0.39 is 24.1 Å². The van der Waals surface area contributed by atoms with Crippen LogP contribution in [0.2, 0.25) is 0 Å². The molecule has 1 fully saturated rings. The second kappa shape index (κ2) is 5.22. The minimum atomic E-state index is -4.20. The van der Waals surface area contributed by atoms with Gasteiger partial charge in [0.25, 0.3) is 0 Å². The number of aliphatic carboxylic acids is 1. The van der Waals surface area contributed by atoms with Crippen LogP contribution in [0.5, 0.6) is 0 Å². The molecule has 0 unspecified atom stereocenters. The molecule has 1 saturated heterocycles. The Bertz CT molecular complexity index is 273. The minimum absolute atomic E-state index is 0.0661. The van der Waals surface area contributed by atoms with Crippen molar-refractivity contribution in [1.29, 1.82) is 0 Å². The van der Waals surface area contributed by atoms with Crippen LogP contribution in [0.15, 0.2) is 0 Å². The van der Waals surface area contributed by atoms with Gasteiger partial charge < -0.3 is 10.8 Å². The molecule has 100 valence electrons. The van der Waals surface area contributed by atoms with Crippen molar-refractivity contribution in [3.05, 3.63) is 0 Å². The van der Waals surface area contributed by atoms with Crippen molar-refractivity contribution in [3.63, 3.8) is 0 Å². The number of nitrogens with zero attached hydrogens (tertiary/aromatic N) is 1. The number of carboxylic acids is 1. The molecule has 0 saturated carbocycles. The average Bonchev–Trinajstić information content (AvgIpc) is 2.18. The van der Waals surface area contributed by atoms with Crippen molar-refractivity contribution in [3.8, 4) is 0 Å². The lowest BCUT2D eigenvalue weighted by Gasteiger charge is -2.40. The topological polar surface area (TPSA) is 66.6 Å². The quantitative estimate of drug-likeness (QED) is 0.787. The molecule has 4 nitrogen and oxygen atoms in total. The first-order chi connectivity index (χ1) is 7.76. The van der Waals surface area contributed by atoms with E-state index in [-0.39, 0.29) is 26.1 Å². The largest absolute Gasteiger partial charge is 0.481 e. The van der Waals surface area contributed by atoms with Crippen LogP contribution in [0, 0.1) is 5.41 Å². The highest BCUT2D eigenvalue weighted by Gasteiger charge is 2.38. The van der Waals surface area contributed by atoms with E-state index in [4.69, 9.17) is 10.8 Å². The zero-order valence-corrected chi connectivity index (χ0v) is 9.46. The van der Waals surface area contributed by atoms with Crippen molar-refractivity contribution in [2.75, 3.05) is 26.2 Å². The summed E-state index contributed by atoms with van der Waals surface area (Å²) in [5.74, 6) is -0.945. The zero-order valence-electron chi connectivity index (χ0n) is 9.46. The normalized spacial score (nSPS) is 21.4. The lowest BCUT2D eigenvalue weighted by Crippen LogP contribution is -2.47. The number of likely N-dealkylation sites (tertiary alicyclic amines) is 1. The molecular weight excluding hydrogens is 237 g/mol. The monoisotopic (exact) mass is 254 g/mol. The van der Waals surface area contributed by atoms with Crippen molar-refractivity contribution < 1.29 is 23.1 Å². The first kappa shape index (κ1) is 14.2. The van der Waals surface area contributed by atoms with Crippen LogP contribution in [-0.2, 0) is 4.79 Å². The Labute approximate surface area is 97.6 Å². The lowest BCUT2D eigenvalue weighted by molar-refractivity contribution is -0.153. The molecule has 0 atom stereocenters. The number of piperidine rings is 1. The highest BCUT2D eigenvalue weighted by molar-refractivity contribution is 5.67. The Hall–Kier alpha value is -0.820. The Balaban J connectivity index is 2.50. The van der Waals surface area contributed by atoms with Gasteiger partial charge in [-0.25, -0.2) is 0 Å². The van der Waals surface area contributed by atoms with E-state index in [0.29, 0.717) is 12.8 Å². The Morgan fingerprint density at radius 1 is 1.35 bits per heavy atom. The van der Waals surface area contributed by atoms with Gasteiger partial charge in [0.1, 0.15) is 0 Å². The molecule has 0 aliphatic carbocycles. The number of hydrogen-bond donors (Lipinski definition) is 2. The van der Waals surface area contributed by atoms with Crippen molar-refractivity contribution >= 4 is 5.97 Å². The minimum Gasteiger partial charge on any atom is -0.481 e. The van der Waals surface area contributed by atoms with Crippen LogP contribution in [0.25, 0.3) is 0 Å². The molecular formula is C10H17F3N2O2. The maximum absolute atomic E-state index is 12.2. The molecule has 0 radical (unpaired) electrons. The third-order valence-corrected chi connectivity index (χ3v) is 3.28. The summed E-state index contributed by atoms with van der Waals surface area (Å²) in [6.07, 6.45) is -3.45.